The maximum Gasteiger partial charge on any atom is 0.0691 e. The second-order valence-electron chi connectivity index (χ2n) is 4.75. The van der Waals surface area contributed by atoms with Gasteiger partial charge in [0.1, 0.15) is 0 Å². The van der Waals surface area contributed by atoms with Gasteiger partial charge in [-0.05, 0) is 37.5 Å². The summed E-state index contributed by atoms with van der Waals surface area (Å²) in [5, 5.41) is 10.1. The SMILES string of the molecule is N[C@H]1CC2=CC[C@]3(O)CC2C1C3. The summed E-state index contributed by atoms with van der Waals surface area (Å²) >= 11 is 0. The molecule has 2 bridgehead atoms. The van der Waals surface area contributed by atoms with Crippen molar-refractivity contribution in [1.29, 1.82) is 0 Å². The van der Waals surface area contributed by atoms with Crippen LogP contribution in [-0.2, 0) is 0 Å². The van der Waals surface area contributed by atoms with Crippen molar-refractivity contribution in [2.45, 2.75) is 37.3 Å². The Balaban J connectivity index is 2.05. The van der Waals surface area contributed by atoms with E-state index >= 15 is 0 Å². The van der Waals surface area contributed by atoms with Gasteiger partial charge in [-0.2, -0.15) is 0 Å². The fourth-order valence-electron chi connectivity index (χ4n) is 3.38. The Morgan fingerprint density at radius 1 is 1.50 bits per heavy atom. The van der Waals surface area contributed by atoms with Crippen molar-refractivity contribution in [3.8, 4) is 0 Å². The molecule has 0 aliphatic heterocycles. The molecular formula is C10H15NO. The van der Waals surface area contributed by atoms with Gasteiger partial charge in [0, 0.05) is 6.04 Å². The first-order valence-corrected chi connectivity index (χ1v) is 4.85. The standard InChI is InChI=1S/C10H15NO/c11-9-3-6-1-2-10(12)4-7(6)8(9)5-10/h1,7-9,12H,2-5,11H2/t7?,8?,9-,10-/m0/s1. The lowest BCUT2D eigenvalue weighted by atomic mass is 9.86. The first-order chi connectivity index (χ1) is 5.68. The molecule has 3 rings (SSSR count). The maximum atomic E-state index is 10.1. The van der Waals surface area contributed by atoms with Crippen molar-refractivity contribution in [1.82, 2.24) is 0 Å². The van der Waals surface area contributed by atoms with Gasteiger partial charge in [0.25, 0.3) is 0 Å². The number of hydrogen-bond donors (Lipinski definition) is 2. The molecule has 2 fully saturated rings. The summed E-state index contributed by atoms with van der Waals surface area (Å²) < 4.78 is 0. The van der Waals surface area contributed by atoms with E-state index in [1.807, 2.05) is 0 Å². The Kier molecular flexibility index (Phi) is 1.15. The van der Waals surface area contributed by atoms with Gasteiger partial charge in [0.2, 0.25) is 0 Å². The van der Waals surface area contributed by atoms with Crippen LogP contribution < -0.4 is 5.73 Å². The van der Waals surface area contributed by atoms with Crippen molar-refractivity contribution >= 4 is 0 Å². The normalized spacial score (nSPS) is 55.8. The quantitative estimate of drug-likeness (QED) is 0.522. The van der Waals surface area contributed by atoms with Crippen molar-refractivity contribution in [3.05, 3.63) is 11.6 Å². The topological polar surface area (TPSA) is 46.2 Å². The second-order valence-corrected chi connectivity index (χ2v) is 4.75. The molecule has 2 nitrogen and oxygen atoms in total. The monoisotopic (exact) mass is 165 g/mol. The number of nitrogens with two attached hydrogens (primary N) is 1. The number of hydrogen-bond acceptors (Lipinski definition) is 2. The van der Waals surface area contributed by atoms with E-state index in [-0.39, 0.29) is 5.60 Å². The highest BCUT2D eigenvalue weighted by Crippen LogP contribution is 2.55. The van der Waals surface area contributed by atoms with Crippen LogP contribution in [0.2, 0.25) is 0 Å². The molecule has 0 amide bonds. The van der Waals surface area contributed by atoms with Gasteiger partial charge in [0.05, 0.1) is 5.60 Å². The Labute approximate surface area is 72.5 Å². The van der Waals surface area contributed by atoms with Crippen LogP contribution in [0.4, 0.5) is 0 Å². The Morgan fingerprint density at radius 3 is 3.17 bits per heavy atom. The van der Waals surface area contributed by atoms with Crippen molar-refractivity contribution in [2.24, 2.45) is 17.6 Å². The van der Waals surface area contributed by atoms with E-state index in [9.17, 15) is 5.11 Å². The summed E-state index contributed by atoms with van der Waals surface area (Å²) in [4.78, 5) is 0. The molecule has 3 aliphatic carbocycles. The molecule has 0 saturated heterocycles. The van der Waals surface area contributed by atoms with Gasteiger partial charge >= 0.3 is 0 Å². The summed E-state index contributed by atoms with van der Waals surface area (Å²) in [5.74, 6) is 1.22. The Bertz CT molecular complexity index is 261. The zero-order chi connectivity index (χ0) is 8.34. The van der Waals surface area contributed by atoms with Gasteiger partial charge in [-0.3, -0.25) is 0 Å². The zero-order valence-corrected chi connectivity index (χ0v) is 7.16. The van der Waals surface area contributed by atoms with E-state index in [0.29, 0.717) is 17.9 Å². The number of rotatable bonds is 0. The van der Waals surface area contributed by atoms with Crippen LogP contribution in [0, 0.1) is 11.8 Å². The summed E-state index contributed by atoms with van der Waals surface area (Å²) in [6.07, 6.45) is 6.13. The van der Waals surface area contributed by atoms with E-state index in [1.165, 1.54) is 5.57 Å². The van der Waals surface area contributed by atoms with Gasteiger partial charge in [-0.15, -0.1) is 0 Å². The molecule has 0 spiro atoms. The number of aliphatic hydroxyl groups is 1. The van der Waals surface area contributed by atoms with E-state index in [0.717, 1.165) is 25.7 Å². The van der Waals surface area contributed by atoms with Crippen LogP contribution in [0.15, 0.2) is 11.6 Å². The summed E-state index contributed by atoms with van der Waals surface area (Å²) in [6.45, 7) is 0. The molecule has 4 atom stereocenters. The molecule has 2 heteroatoms. The van der Waals surface area contributed by atoms with Crippen molar-refractivity contribution < 1.29 is 5.11 Å². The molecule has 3 N–H and O–H groups in total. The minimum absolute atomic E-state index is 0.329. The molecule has 2 unspecified atom stereocenters. The molecule has 0 aromatic carbocycles. The second kappa shape index (κ2) is 1.94. The first kappa shape index (κ1) is 7.10. The van der Waals surface area contributed by atoms with E-state index in [2.05, 4.69) is 6.08 Å². The van der Waals surface area contributed by atoms with Gasteiger partial charge in [-0.25, -0.2) is 0 Å². The minimum Gasteiger partial charge on any atom is -0.390 e. The summed E-state index contributed by atoms with van der Waals surface area (Å²) in [6, 6.07) is 0.329. The highest BCUT2D eigenvalue weighted by atomic mass is 16.3. The van der Waals surface area contributed by atoms with Crippen molar-refractivity contribution in [3.63, 3.8) is 0 Å². The third-order valence-electron chi connectivity index (χ3n) is 3.97. The van der Waals surface area contributed by atoms with E-state index in [4.69, 9.17) is 5.73 Å². The molecule has 12 heavy (non-hydrogen) atoms. The molecule has 3 aliphatic rings. The molecule has 0 heterocycles. The average molecular weight is 165 g/mol. The fourth-order valence-corrected chi connectivity index (χ4v) is 3.38. The predicted molar refractivity (Wildman–Crippen MR) is 46.5 cm³/mol. The minimum atomic E-state index is -0.378. The highest BCUT2D eigenvalue weighted by Gasteiger charge is 2.52. The average Bonchev–Trinajstić information content (AvgIpc) is 2.43. The molecule has 2 saturated carbocycles. The van der Waals surface area contributed by atoms with Crippen LogP contribution >= 0.6 is 0 Å². The van der Waals surface area contributed by atoms with Crippen LogP contribution in [0.1, 0.15) is 25.7 Å². The third-order valence-corrected chi connectivity index (χ3v) is 3.97. The number of fused-ring (bicyclic) bond motifs is 1. The first-order valence-electron chi connectivity index (χ1n) is 4.85. The largest absolute Gasteiger partial charge is 0.390 e. The van der Waals surface area contributed by atoms with E-state index < -0.39 is 0 Å². The lowest BCUT2D eigenvalue weighted by Gasteiger charge is -2.27. The van der Waals surface area contributed by atoms with Gasteiger partial charge in [-0.1, -0.05) is 11.6 Å². The lowest BCUT2D eigenvalue weighted by Crippen LogP contribution is -2.31. The van der Waals surface area contributed by atoms with E-state index in [1.54, 1.807) is 0 Å². The smallest absolute Gasteiger partial charge is 0.0691 e. The fraction of sp³-hybridized carbons (Fsp3) is 0.800. The van der Waals surface area contributed by atoms with Crippen LogP contribution in [-0.4, -0.2) is 16.7 Å². The molecular weight excluding hydrogens is 150 g/mol. The van der Waals surface area contributed by atoms with Crippen LogP contribution in [0.5, 0.6) is 0 Å². The van der Waals surface area contributed by atoms with Gasteiger partial charge < -0.3 is 10.8 Å². The third kappa shape index (κ3) is 0.723. The highest BCUT2D eigenvalue weighted by molar-refractivity contribution is 5.27. The summed E-state index contributed by atoms with van der Waals surface area (Å²) in [7, 11) is 0. The Hall–Kier alpha value is -0.340. The van der Waals surface area contributed by atoms with Crippen LogP contribution in [0.25, 0.3) is 0 Å². The molecule has 0 aromatic rings. The summed E-state index contributed by atoms with van der Waals surface area (Å²) in [5.41, 5.74) is 7.17. The molecule has 0 radical (unpaired) electrons. The molecule has 66 valence electrons. The van der Waals surface area contributed by atoms with Crippen molar-refractivity contribution in [2.75, 3.05) is 0 Å². The zero-order valence-electron chi connectivity index (χ0n) is 7.16. The lowest BCUT2D eigenvalue weighted by molar-refractivity contribution is 0.0388. The van der Waals surface area contributed by atoms with Gasteiger partial charge in [0.15, 0.2) is 0 Å². The molecule has 0 aromatic heterocycles. The Morgan fingerprint density at radius 2 is 2.33 bits per heavy atom. The maximum absolute atomic E-state index is 10.1. The predicted octanol–water partition coefficient (Wildman–Crippen LogP) is 0.805. The van der Waals surface area contributed by atoms with Crippen LogP contribution in [0.3, 0.4) is 0 Å².